The lowest BCUT2D eigenvalue weighted by molar-refractivity contribution is 0.167. The summed E-state index contributed by atoms with van der Waals surface area (Å²) in [4.78, 5) is 23.3. The fourth-order valence-electron chi connectivity index (χ4n) is 4.59. The third-order valence-electron chi connectivity index (χ3n) is 6.29. The first-order chi connectivity index (χ1) is 17.0. The van der Waals surface area contributed by atoms with Crippen LogP contribution in [0.2, 0.25) is 5.02 Å². The maximum Gasteiger partial charge on any atom is 0.326 e. The van der Waals surface area contributed by atoms with Gasteiger partial charge in [0.1, 0.15) is 23.4 Å². The van der Waals surface area contributed by atoms with E-state index in [1.807, 2.05) is 19.3 Å². The van der Waals surface area contributed by atoms with E-state index in [1.165, 1.54) is 6.07 Å². The number of carbonyl (C=O) groups is 1. The standard InChI is InChI=1S/C25H20ClFN6O2/c1-32-12-15(11-30-32)23-16-13-33(25(34)31-19(16)6-8-29-23)20-10-22-14(9-17(20)26)4-5-21(35-22)24-18(27)3-2-7-28-24/h2-3,6-12,21H,4-5,13H2,1H3,(H,31,34). The first-order valence-corrected chi connectivity index (χ1v) is 11.5. The molecule has 3 aromatic heterocycles. The van der Waals surface area contributed by atoms with Crippen LogP contribution in [0.1, 0.15) is 29.3 Å². The van der Waals surface area contributed by atoms with Gasteiger partial charge in [-0.05, 0) is 42.7 Å². The van der Waals surface area contributed by atoms with Gasteiger partial charge in [-0.1, -0.05) is 11.6 Å². The van der Waals surface area contributed by atoms with Crippen LogP contribution in [0, 0.1) is 5.82 Å². The second-order valence-electron chi connectivity index (χ2n) is 8.53. The Morgan fingerprint density at radius 3 is 2.91 bits per heavy atom. The van der Waals surface area contributed by atoms with Crippen LogP contribution in [-0.4, -0.2) is 25.8 Å². The minimum Gasteiger partial charge on any atom is -0.484 e. The normalized spacial score (nSPS) is 16.8. The first kappa shape index (κ1) is 21.5. The Balaban J connectivity index is 1.36. The van der Waals surface area contributed by atoms with Crippen molar-refractivity contribution in [1.82, 2.24) is 19.7 Å². The summed E-state index contributed by atoms with van der Waals surface area (Å²) in [6, 6.07) is 7.94. The zero-order valence-electron chi connectivity index (χ0n) is 18.7. The number of amides is 2. The first-order valence-electron chi connectivity index (χ1n) is 11.1. The Labute approximate surface area is 205 Å². The fourth-order valence-corrected chi connectivity index (χ4v) is 4.88. The maximum absolute atomic E-state index is 14.3. The molecular formula is C25H20ClFN6O2. The van der Waals surface area contributed by atoms with Gasteiger partial charge < -0.3 is 10.1 Å². The van der Waals surface area contributed by atoms with E-state index in [1.54, 1.807) is 46.4 Å². The zero-order chi connectivity index (χ0) is 24.1. The molecular weight excluding hydrogens is 471 g/mol. The second-order valence-corrected chi connectivity index (χ2v) is 8.94. The van der Waals surface area contributed by atoms with Crippen molar-refractivity contribution < 1.29 is 13.9 Å². The lowest BCUT2D eigenvalue weighted by Gasteiger charge is -2.32. The Morgan fingerprint density at radius 1 is 1.23 bits per heavy atom. The number of urea groups is 1. The van der Waals surface area contributed by atoms with Crippen LogP contribution >= 0.6 is 11.6 Å². The molecule has 35 heavy (non-hydrogen) atoms. The van der Waals surface area contributed by atoms with Gasteiger partial charge in [0.15, 0.2) is 0 Å². The summed E-state index contributed by atoms with van der Waals surface area (Å²) >= 11 is 6.65. The molecule has 176 valence electrons. The Hall–Kier alpha value is -3.98. The number of anilines is 2. The van der Waals surface area contributed by atoms with Crippen molar-refractivity contribution >= 4 is 29.0 Å². The molecule has 1 unspecified atom stereocenters. The van der Waals surface area contributed by atoms with Gasteiger partial charge >= 0.3 is 6.03 Å². The second kappa shape index (κ2) is 8.35. The van der Waals surface area contributed by atoms with Gasteiger partial charge in [0.2, 0.25) is 0 Å². The molecule has 0 radical (unpaired) electrons. The van der Waals surface area contributed by atoms with Crippen molar-refractivity contribution in [2.75, 3.05) is 10.2 Å². The molecule has 2 amide bonds. The molecule has 4 aromatic rings. The number of nitrogens with one attached hydrogen (secondary N) is 1. The minimum absolute atomic E-state index is 0.260. The average Bonchev–Trinajstić information content (AvgIpc) is 3.29. The third-order valence-corrected chi connectivity index (χ3v) is 6.60. The number of pyridine rings is 2. The van der Waals surface area contributed by atoms with Crippen LogP contribution < -0.4 is 15.0 Å². The summed E-state index contributed by atoms with van der Waals surface area (Å²) in [5, 5.41) is 7.61. The molecule has 0 spiro atoms. The maximum atomic E-state index is 14.3. The number of carbonyl (C=O) groups excluding carboxylic acids is 1. The molecule has 8 nitrogen and oxygen atoms in total. The lowest BCUT2D eigenvalue weighted by Crippen LogP contribution is -2.39. The van der Waals surface area contributed by atoms with Crippen molar-refractivity contribution in [2.45, 2.75) is 25.5 Å². The van der Waals surface area contributed by atoms with Gasteiger partial charge in [0.05, 0.1) is 34.8 Å². The van der Waals surface area contributed by atoms with Crippen LogP contribution in [0.25, 0.3) is 11.3 Å². The van der Waals surface area contributed by atoms with Gasteiger partial charge in [0.25, 0.3) is 0 Å². The number of halogens is 2. The number of aromatic nitrogens is 4. The summed E-state index contributed by atoms with van der Waals surface area (Å²) in [6.45, 7) is 0.260. The van der Waals surface area contributed by atoms with Gasteiger partial charge in [-0.3, -0.25) is 19.5 Å². The molecule has 6 rings (SSSR count). The molecule has 2 aliphatic heterocycles. The molecule has 1 aromatic carbocycles. The number of ether oxygens (including phenoxy) is 1. The van der Waals surface area contributed by atoms with Crippen molar-refractivity contribution in [1.29, 1.82) is 0 Å². The number of fused-ring (bicyclic) bond motifs is 2. The highest BCUT2D eigenvalue weighted by Gasteiger charge is 2.31. The SMILES string of the molecule is Cn1cc(-c2nccc3c2CN(c2cc4c(cc2Cl)CCC(c2ncccc2F)O4)C(=O)N3)cn1. The topological polar surface area (TPSA) is 85.2 Å². The minimum atomic E-state index is -0.519. The van der Waals surface area contributed by atoms with Crippen LogP contribution in [0.4, 0.5) is 20.6 Å². The molecule has 5 heterocycles. The average molecular weight is 491 g/mol. The molecule has 2 aliphatic rings. The summed E-state index contributed by atoms with van der Waals surface area (Å²) in [5.74, 6) is 0.153. The van der Waals surface area contributed by atoms with Crippen LogP contribution in [-0.2, 0) is 20.0 Å². The quantitative estimate of drug-likeness (QED) is 0.422. The van der Waals surface area contributed by atoms with Gasteiger partial charge in [-0.25, -0.2) is 9.18 Å². The highest BCUT2D eigenvalue weighted by Crippen LogP contribution is 2.42. The van der Waals surface area contributed by atoms with E-state index < -0.39 is 11.9 Å². The molecule has 1 atom stereocenters. The number of hydrogen-bond acceptors (Lipinski definition) is 5. The van der Waals surface area contributed by atoms with E-state index in [0.29, 0.717) is 35.0 Å². The highest BCUT2D eigenvalue weighted by molar-refractivity contribution is 6.34. The third kappa shape index (κ3) is 3.77. The van der Waals surface area contributed by atoms with Crippen LogP contribution in [0.3, 0.4) is 0 Å². The monoisotopic (exact) mass is 490 g/mol. The van der Waals surface area contributed by atoms with E-state index >= 15 is 0 Å². The van der Waals surface area contributed by atoms with E-state index in [0.717, 1.165) is 22.4 Å². The largest absolute Gasteiger partial charge is 0.484 e. The Kier molecular flexibility index (Phi) is 5.14. The predicted molar refractivity (Wildman–Crippen MR) is 129 cm³/mol. The van der Waals surface area contributed by atoms with Gasteiger partial charge in [-0.2, -0.15) is 5.10 Å². The summed E-state index contributed by atoms with van der Waals surface area (Å²) in [6.07, 6.45) is 7.53. The predicted octanol–water partition coefficient (Wildman–Crippen LogP) is 5.29. The molecule has 0 saturated carbocycles. The molecule has 1 N–H and O–H groups in total. The zero-order valence-corrected chi connectivity index (χ0v) is 19.5. The Bertz CT molecular complexity index is 1470. The van der Waals surface area contributed by atoms with E-state index in [9.17, 15) is 9.18 Å². The number of benzene rings is 1. The molecule has 10 heteroatoms. The summed E-state index contributed by atoms with van der Waals surface area (Å²) < 4.78 is 22.2. The van der Waals surface area contributed by atoms with E-state index in [-0.39, 0.29) is 18.3 Å². The van der Waals surface area contributed by atoms with Crippen LogP contribution in [0.15, 0.2) is 55.1 Å². The molecule has 0 saturated heterocycles. The van der Waals surface area contributed by atoms with Crippen molar-refractivity contribution in [2.24, 2.45) is 7.05 Å². The van der Waals surface area contributed by atoms with Gasteiger partial charge in [-0.15, -0.1) is 0 Å². The van der Waals surface area contributed by atoms with Crippen molar-refractivity contribution in [3.05, 3.63) is 82.8 Å². The van der Waals surface area contributed by atoms with E-state index in [2.05, 4.69) is 20.4 Å². The van der Waals surface area contributed by atoms with Crippen molar-refractivity contribution in [3.63, 3.8) is 0 Å². The van der Waals surface area contributed by atoms with Crippen molar-refractivity contribution in [3.8, 4) is 17.0 Å². The highest BCUT2D eigenvalue weighted by atomic mass is 35.5. The number of hydrogen-bond donors (Lipinski definition) is 1. The summed E-state index contributed by atoms with van der Waals surface area (Å²) in [5.41, 5.74) is 4.79. The lowest BCUT2D eigenvalue weighted by atomic mass is 9.99. The summed E-state index contributed by atoms with van der Waals surface area (Å²) in [7, 11) is 1.84. The molecule has 0 aliphatic carbocycles. The fraction of sp³-hybridized carbons (Fsp3) is 0.200. The van der Waals surface area contributed by atoms with Gasteiger partial charge in [0, 0.05) is 42.8 Å². The number of rotatable bonds is 3. The Morgan fingerprint density at radius 2 is 2.11 bits per heavy atom. The number of nitrogens with zero attached hydrogens (tertiary/aromatic N) is 5. The molecule has 0 fully saturated rings. The van der Waals surface area contributed by atoms with Crippen LogP contribution in [0.5, 0.6) is 5.75 Å². The smallest absolute Gasteiger partial charge is 0.326 e. The number of aryl methyl sites for hydroxylation is 2. The molecule has 0 bridgehead atoms. The van der Waals surface area contributed by atoms with E-state index in [4.69, 9.17) is 16.3 Å².